The molecule has 1 heterocycles. The van der Waals surface area contributed by atoms with Gasteiger partial charge in [0.05, 0.1) is 15.2 Å². The maximum atomic E-state index is 14.7. The Morgan fingerprint density at radius 3 is 2.19 bits per heavy atom. The van der Waals surface area contributed by atoms with E-state index in [-0.39, 0.29) is 22.2 Å². The smallest absolute Gasteiger partial charge is 0.272 e. The summed E-state index contributed by atoms with van der Waals surface area (Å²) in [6.07, 6.45) is 1.20. The number of thiazole rings is 1. The van der Waals surface area contributed by atoms with Crippen molar-refractivity contribution in [2.45, 2.75) is 10.1 Å². The van der Waals surface area contributed by atoms with Gasteiger partial charge >= 0.3 is 0 Å². The summed E-state index contributed by atoms with van der Waals surface area (Å²) in [6.45, 7) is 0. The largest absolute Gasteiger partial charge is 0.321 e. The third-order valence-corrected chi connectivity index (χ3v) is 9.60. The molecule has 6 rings (SSSR count). The Labute approximate surface area is 288 Å². The van der Waals surface area contributed by atoms with E-state index in [0.29, 0.717) is 16.4 Å². The molecule has 11 heteroatoms. The van der Waals surface area contributed by atoms with Crippen LogP contribution in [0.4, 0.5) is 15.2 Å². The van der Waals surface area contributed by atoms with Crippen molar-refractivity contribution in [3.63, 3.8) is 0 Å². The Hall–Kier alpha value is -5.29. The molecule has 1 atom stereocenters. The van der Waals surface area contributed by atoms with E-state index in [4.69, 9.17) is 11.6 Å². The van der Waals surface area contributed by atoms with E-state index in [1.54, 1.807) is 54.6 Å². The van der Waals surface area contributed by atoms with Crippen molar-refractivity contribution in [1.29, 1.82) is 0 Å². The molecule has 0 aliphatic heterocycles. The third-order valence-electron chi connectivity index (χ3n) is 7.05. The Balaban J connectivity index is 1.20. The number of hydrogen-bond donors (Lipinski definition) is 3. The highest BCUT2D eigenvalue weighted by atomic mass is 35.5. The van der Waals surface area contributed by atoms with E-state index in [2.05, 4.69) is 20.9 Å². The van der Waals surface area contributed by atoms with Gasteiger partial charge in [-0.25, -0.2) is 9.37 Å². The van der Waals surface area contributed by atoms with Crippen molar-refractivity contribution in [2.75, 3.05) is 10.6 Å². The predicted molar refractivity (Wildman–Crippen MR) is 192 cm³/mol. The van der Waals surface area contributed by atoms with Crippen LogP contribution in [0.2, 0.25) is 5.02 Å². The van der Waals surface area contributed by atoms with Crippen molar-refractivity contribution in [3.8, 4) is 0 Å². The summed E-state index contributed by atoms with van der Waals surface area (Å²) in [7, 11) is 0. The van der Waals surface area contributed by atoms with Crippen LogP contribution in [0.3, 0.4) is 0 Å². The van der Waals surface area contributed by atoms with Crippen LogP contribution in [0.15, 0.2) is 138 Å². The van der Waals surface area contributed by atoms with Gasteiger partial charge < -0.3 is 16.0 Å². The summed E-state index contributed by atoms with van der Waals surface area (Å²) in [5, 5.41) is 8.31. The van der Waals surface area contributed by atoms with Gasteiger partial charge in [0.2, 0.25) is 5.91 Å². The van der Waals surface area contributed by atoms with Gasteiger partial charge in [0.1, 0.15) is 16.8 Å². The number of fused-ring (bicyclic) bond motifs is 1. The Kier molecular flexibility index (Phi) is 10.3. The molecule has 1 unspecified atom stereocenters. The minimum atomic E-state index is -0.684. The number of amides is 3. The molecule has 48 heavy (non-hydrogen) atoms. The number of para-hydroxylation sites is 1. The van der Waals surface area contributed by atoms with E-state index in [1.807, 2.05) is 54.6 Å². The fraction of sp³-hybridized carbons (Fsp3) is 0.0270. The second kappa shape index (κ2) is 15.1. The number of halogens is 2. The molecule has 0 saturated heterocycles. The van der Waals surface area contributed by atoms with Gasteiger partial charge in [-0.05, 0) is 72.3 Å². The fourth-order valence-electron chi connectivity index (χ4n) is 4.68. The van der Waals surface area contributed by atoms with Crippen LogP contribution in [-0.2, 0) is 9.59 Å². The number of aromatic nitrogens is 1. The lowest BCUT2D eigenvalue weighted by Crippen LogP contribution is -2.30. The SMILES string of the molecule is O=C(Nc1ccc(SC(C(=O)Nc2nc3ccccc3s2)c2ccccc2)cc1)/C(=C/c1c(F)cccc1Cl)NC(=O)c1ccccc1. The van der Waals surface area contributed by atoms with Crippen molar-refractivity contribution in [3.05, 3.63) is 161 Å². The molecular weight excluding hydrogens is 667 g/mol. The normalized spacial score (nSPS) is 11.9. The number of anilines is 2. The van der Waals surface area contributed by atoms with E-state index in [0.717, 1.165) is 20.7 Å². The minimum Gasteiger partial charge on any atom is -0.321 e. The molecule has 0 spiro atoms. The van der Waals surface area contributed by atoms with Crippen LogP contribution < -0.4 is 16.0 Å². The Morgan fingerprint density at radius 1 is 0.792 bits per heavy atom. The average Bonchev–Trinajstić information content (AvgIpc) is 3.52. The second-order valence-electron chi connectivity index (χ2n) is 10.4. The quantitative estimate of drug-likeness (QED) is 0.0983. The molecule has 5 aromatic carbocycles. The summed E-state index contributed by atoms with van der Waals surface area (Å²) in [4.78, 5) is 45.3. The number of rotatable bonds is 10. The summed E-state index contributed by atoms with van der Waals surface area (Å²) in [5.41, 5.74) is 2.12. The first-order valence-corrected chi connectivity index (χ1v) is 16.7. The standard InChI is InChI=1S/C37H26ClFN4O3S2/c38-28-14-9-15-29(39)27(28)22-31(41-34(44)24-12-5-2-6-13-24)35(45)40-25-18-20-26(21-19-25)47-33(23-10-3-1-4-11-23)36(46)43-37-42-30-16-7-8-17-32(30)48-37/h1-22,33H,(H,40,45)(H,41,44)(H,42,43,46)/b31-22-. The highest BCUT2D eigenvalue weighted by Gasteiger charge is 2.24. The fourth-order valence-corrected chi connectivity index (χ4v) is 6.79. The molecule has 6 aromatic rings. The molecule has 3 N–H and O–H groups in total. The van der Waals surface area contributed by atoms with Gasteiger partial charge in [0, 0.05) is 21.7 Å². The van der Waals surface area contributed by atoms with Crippen LogP contribution in [-0.4, -0.2) is 22.7 Å². The topological polar surface area (TPSA) is 100 Å². The first kappa shape index (κ1) is 32.6. The van der Waals surface area contributed by atoms with Crippen molar-refractivity contribution in [1.82, 2.24) is 10.3 Å². The molecule has 0 bridgehead atoms. The van der Waals surface area contributed by atoms with Crippen LogP contribution >= 0.6 is 34.7 Å². The molecule has 0 aliphatic carbocycles. The lowest BCUT2D eigenvalue weighted by atomic mass is 10.1. The maximum absolute atomic E-state index is 14.7. The zero-order valence-corrected chi connectivity index (χ0v) is 27.4. The zero-order valence-electron chi connectivity index (χ0n) is 25.0. The maximum Gasteiger partial charge on any atom is 0.272 e. The van der Waals surface area contributed by atoms with Crippen LogP contribution in [0.25, 0.3) is 16.3 Å². The number of hydrogen-bond acceptors (Lipinski definition) is 6. The lowest BCUT2D eigenvalue weighted by molar-refractivity contribution is -0.116. The molecule has 0 radical (unpaired) electrons. The number of nitrogens with zero attached hydrogens (tertiary/aromatic N) is 1. The van der Waals surface area contributed by atoms with Gasteiger partial charge in [0.25, 0.3) is 11.8 Å². The van der Waals surface area contributed by atoms with Gasteiger partial charge in [-0.15, -0.1) is 11.8 Å². The van der Waals surface area contributed by atoms with Crippen LogP contribution in [0.1, 0.15) is 26.7 Å². The van der Waals surface area contributed by atoms with Gasteiger partial charge in [0.15, 0.2) is 5.13 Å². The second-order valence-corrected chi connectivity index (χ2v) is 13.0. The van der Waals surface area contributed by atoms with Crippen LogP contribution in [0.5, 0.6) is 0 Å². The molecule has 0 saturated carbocycles. The summed E-state index contributed by atoms with van der Waals surface area (Å²) in [5.74, 6) is -2.11. The Morgan fingerprint density at radius 2 is 1.48 bits per heavy atom. The molecule has 1 aromatic heterocycles. The zero-order chi connectivity index (χ0) is 33.5. The first-order valence-electron chi connectivity index (χ1n) is 14.7. The molecule has 7 nitrogen and oxygen atoms in total. The van der Waals surface area contributed by atoms with Crippen molar-refractivity contribution < 1.29 is 18.8 Å². The van der Waals surface area contributed by atoms with E-state index in [9.17, 15) is 18.8 Å². The monoisotopic (exact) mass is 692 g/mol. The predicted octanol–water partition coefficient (Wildman–Crippen LogP) is 8.97. The molecule has 0 aliphatic rings. The van der Waals surface area contributed by atoms with Crippen molar-refractivity contribution >= 4 is 79.5 Å². The molecule has 3 amide bonds. The van der Waals surface area contributed by atoms with E-state index in [1.165, 1.54) is 47.4 Å². The number of thioether (sulfide) groups is 1. The third kappa shape index (κ3) is 7.98. The summed E-state index contributed by atoms with van der Waals surface area (Å²) >= 11 is 8.97. The number of nitrogens with one attached hydrogen (secondary N) is 3. The molecule has 0 fully saturated rings. The number of carbonyl (C=O) groups excluding carboxylic acids is 3. The average molecular weight is 693 g/mol. The van der Waals surface area contributed by atoms with E-state index >= 15 is 0 Å². The number of carbonyl (C=O) groups is 3. The number of benzene rings is 5. The summed E-state index contributed by atoms with van der Waals surface area (Å²) in [6, 6.07) is 36.5. The van der Waals surface area contributed by atoms with Gasteiger partial charge in [-0.2, -0.15) is 0 Å². The lowest BCUT2D eigenvalue weighted by Gasteiger charge is -2.17. The van der Waals surface area contributed by atoms with E-state index < -0.39 is 22.9 Å². The van der Waals surface area contributed by atoms with Crippen LogP contribution in [0, 0.1) is 5.82 Å². The highest BCUT2D eigenvalue weighted by molar-refractivity contribution is 8.00. The van der Waals surface area contributed by atoms with Gasteiger partial charge in [-0.1, -0.05) is 89.7 Å². The van der Waals surface area contributed by atoms with Crippen molar-refractivity contribution in [2.24, 2.45) is 0 Å². The highest BCUT2D eigenvalue weighted by Crippen LogP contribution is 2.37. The van der Waals surface area contributed by atoms with Gasteiger partial charge in [-0.3, -0.25) is 14.4 Å². The molecular formula is C37H26ClFN4O3S2. The Bertz CT molecular complexity index is 2070. The summed E-state index contributed by atoms with van der Waals surface area (Å²) < 4.78 is 15.6. The first-order chi connectivity index (χ1) is 23.3. The molecule has 238 valence electrons. The minimum absolute atomic E-state index is 0.0412.